The molecule has 0 amide bonds. The van der Waals surface area contributed by atoms with Crippen molar-refractivity contribution in [2.75, 3.05) is 52.9 Å². The Morgan fingerprint density at radius 3 is 0.368 bits per heavy atom. The lowest BCUT2D eigenvalue weighted by Gasteiger charge is -2.25. The number of fused-ring (bicyclic) bond motifs is 3. The molecule has 0 fully saturated rings. The molecule has 0 aliphatic carbocycles. The van der Waals surface area contributed by atoms with Crippen molar-refractivity contribution >= 4 is 32.3 Å². The van der Waals surface area contributed by atoms with E-state index < -0.39 is 0 Å². The van der Waals surface area contributed by atoms with Crippen LogP contribution in [0.15, 0.2) is 413 Å². The largest absolute Gasteiger partial charge is 0.490 e. The summed E-state index contributed by atoms with van der Waals surface area (Å²) in [5, 5.41) is 7.65. The summed E-state index contributed by atoms with van der Waals surface area (Å²) in [4.78, 5) is 0. The van der Waals surface area contributed by atoms with E-state index in [0.29, 0.717) is 52.9 Å². The smallest absolute Gasteiger partial charge is 0.122 e. The van der Waals surface area contributed by atoms with Crippen molar-refractivity contribution < 1.29 is 37.9 Å². The molecule has 0 unspecified atom stereocenters. The monoisotopic (exact) mass is 1390 g/mol. The Hall–Kier alpha value is -13.3. The minimum atomic E-state index is 0.554. The lowest BCUT2D eigenvalue weighted by molar-refractivity contribution is 0.217. The SMILES string of the molecule is c1ccc(-c2c3ccccc3c(-c3ccccc3)c3c(-c4ccccc4)c4ccccc4c(-c4ccccc4)c23)cc1.c1ccc(OCCOc2ccccc2)cc1.c1ccc(OCCOc2ccccc2)cc1.c1ccc(OCCOc2ccccc2)cc1.c1ccc(OCCOc2ccccc2)cc1. The summed E-state index contributed by atoms with van der Waals surface area (Å²) in [6.07, 6.45) is 0. The van der Waals surface area contributed by atoms with Crippen LogP contribution in [0.3, 0.4) is 0 Å². The highest BCUT2D eigenvalue weighted by molar-refractivity contribution is 6.33. The van der Waals surface area contributed by atoms with Gasteiger partial charge in [-0.3, -0.25) is 0 Å². The zero-order valence-electron chi connectivity index (χ0n) is 59.2. The van der Waals surface area contributed by atoms with Crippen molar-refractivity contribution in [2.24, 2.45) is 0 Å². The van der Waals surface area contributed by atoms with Crippen molar-refractivity contribution in [3.8, 4) is 90.5 Å². The summed E-state index contributed by atoms with van der Waals surface area (Å²) in [5.41, 5.74) is 10.0. The highest BCUT2D eigenvalue weighted by Crippen LogP contribution is 2.53. The normalized spacial score (nSPS) is 10.4. The van der Waals surface area contributed by atoms with Crippen molar-refractivity contribution in [3.05, 3.63) is 413 Å². The van der Waals surface area contributed by atoms with Gasteiger partial charge >= 0.3 is 0 Å². The third kappa shape index (κ3) is 21.4. The molecule has 0 bridgehead atoms. The lowest BCUT2D eigenvalue weighted by atomic mass is 9.77. The molecular formula is C98H84O8. The van der Waals surface area contributed by atoms with Crippen molar-refractivity contribution in [3.63, 3.8) is 0 Å². The van der Waals surface area contributed by atoms with Gasteiger partial charge in [-0.15, -0.1) is 0 Å². The van der Waals surface area contributed by atoms with Crippen LogP contribution in [0.2, 0.25) is 0 Å². The maximum Gasteiger partial charge on any atom is 0.122 e. The summed E-state index contributed by atoms with van der Waals surface area (Å²) in [6.45, 7) is 4.44. The van der Waals surface area contributed by atoms with Crippen LogP contribution in [0.5, 0.6) is 46.0 Å². The van der Waals surface area contributed by atoms with Crippen LogP contribution in [-0.2, 0) is 0 Å². The van der Waals surface area contributed by atoms with Gasteiger partial charge in [0.25, 0.3) is 0 Å². The number of benzene rings is 16. The molecule has 0 aromatic heterocycles. The molecule has 524 valence electrons. The highest BCUT2D eigenvalue weighted by atomic mass is 16.5. The quantitative estimate of drug-likeness (QED) is 0.0438. The summed E-state index contributed by atoms with van der Waals surface area (Å²) >= 11 is 0. The standard InChI is InChI=1S/C42H28.4C14H14O2/c1-5-17-29(18-6-1)37-33-25-13-14-26-34(33)39(31-21-9-3-10-22-31)42-40(32-23-11-4-12-24-32)36-28-16-15-27-35(36)38(41(37)42)30-19-7-2-8-20-30;4*1-3-7-13(8-4-1)15-11-12-16-14-9-5-2-6-10-14/h1-28H;4*1-10H,11-12H2. The van der Waals surface area contributed by atoms with E-state index in [1.54, 1.807) is 0 Å². The van der Waals surface area contributed by atoms with E-state index in [2.05, 4.69) is 170 Å². The topological polar surface area (TPSA) is 73.8 Å². The Kier molecular flexibility index (Phi) is 27.6. The molecule has 0 radical (unpaired) electrons. The average molecular weight is 1390 g/mol. The molecule has 0 N–H and O–H groups in total. The van der Waals surface area contributed by atoms with Crippen LogP contribution in [0.4, 0.5) is 0 Å². The maximum absolute atomic E-state index is 5.50. The minimum Gasteiger partial charge on any atom is -0.490 e. The fourth-order valence-electron chi connectivity index (χ4n) is 12.2. The molecular weight excluding hydrogens is 1310 g/mol. The van der Waals surface area contributed by atoms with Crippen molar-refractivity contribution in [1.29, 1.82) is 0 Å². The molecule has 0 spiro atoms. The summed E-state index contributed by atoms with van der Waals surface area (Å²) in [5.74, 6) is 6.99. The van der Waals surface area contributed by atoms with Gasteiger partial charge in [0.2, 0.25) is 0 Å². The second-order valence-corrected chi connectivity index (χ2v) is 24.1. The van der Waals surface area contributed by atoms with Crippen LogP contribution in [-0.4, -0.2) is 52.9 Å². The molecule has 0 atom stereocenters. The molecule has 8 nitrogen and oxygen atoms in total. The molecule has 0 aliphatic heterocycles. The van der Waals surface area contributed by atoms with E-state index in [4.69, 9.17) is 37.9 Å². The van der Waals surface area contributed by atoms with Gasteiger partial charge in [-0.2, -0.15) is 0 Å². The number of hydrogen-bond acceptors (Lipinski definition) is 8. The Morgan fingerprint density at radius 2 is 0.236 bits per heavy atom. The first-order chi connectivity index (χ1) is 52.7. The molecule has 16 aromatic rings. The number of rotatable bonds is 24. The lowest BCUT2D eigenvalue weighted by Crippen LogP contribution is -2.08. The summed E-state index contributed by atoms with van der Waals surface area (Å²) < 4.78 is 44.0. The summed E-state index contributed by atoms with van der Waals surface area (Å²) in [7, 11) is 0. The Balaban J connectivity index is 0.000000137. The number of hydrogen-bond donors (Lipinski definition) is 0. The van der Waals surface area contributed by atoms with Gasteiger partial charge in [0.1, 0.15) is 98.9 Å². The van der Waals surface area contributed by atoms with Gasteiger partial charge in [0.15, 0.2) is 0 Å². The predicted molar refractivity (Wildman–Crippen MR) is 436 cm³/mol. The molecule has 0 saturated heterocycles. The van der Waals surface area contributed by atoms with E-state index in [1.165, 1.54) is 76.8 Å². The fraction of sp³-hybridized carbons (Fsp3) is 0.0816. The summed E-state index contributed by atoms with van der Waals surface area (Å²) in [6, 6.07) is 140. The molecule has 0 saturated carbocycles. The second-order valence-electron chi connectivity index (χ2n) is 24.1. The van der Waals surface area contributed by atoms with Gasteiger partial charge in [0.05, 0.1) is 0 Å². The third-order valence-electron chi connectivity index (χ3n) is 16.9. The van der Waals surface area contributed by atoms with Gasteiger partial charge in [0, 0.05) is 0 Å². The van der Waals surface area contributed by atoms with E-state index >= 15 is 0 Å². The van der Waals surface area contributed by atoms with Gasteiger partial charge in [-0.05, 0) is 174 Å². The fourth-order valence-corrected chi connectivity index (χ4v) is 12.2. The van der Waals surface area contributed by atoms with Crippen LogP contribution in [0.25, 0.3) is 76.8 Å². The third-order valence-corrected chi connectivity index (χ3v) is 16.9. The van der Waals surface area contributed by atoms with Gasteiger partial charge < -0.3 is 37.9 Å². The van der Waals surface area contributed by atoms with E-state index in [1.807, 2.05) is 243 Å². The zero-order valence-corrected chi connectivity index (χ0v) is 59.2. The Bertz CT molecular complexity index is 4300. The van der Waals surface area contributed by atoms with E-state index in [9.17, 15) is 0 Å². The molecule has 0 aliphatic rings. The molecule has 16 rings (SSSR count). The van der Waals surface area contributed by atoms with Crippen LogP contribution >= 0.6 is 0 Å². The number of ether oxygens (including phenoxy) is 8. The maximum atomic E-state index is 5.50. The van der Waals surface area contributed by atoms with Crippen LogP contribution < -0.4 is 37.9 Å². The van der Waals surface area contributed by atoms with Crippen LogP contribution in [0, 0.1) is 0 Å². The first kappa shape index (κ1) is 72.5. The Morgan fingerprint density at radius 1 is 0.123 bits per heavy atom. The highest BCUT2D eigenvalue weighted by Gasteiger charge is 2.25. The first-order valence-corrected chi connectivity index (χ1v) is 35.8. The molecule has 16 aromatic carbocycles. The van der Waals surface area contributed by atoms with Gasteiger partial charge in [-0.25, -0.2) is 0 Å². The van der Waals surface area contributed by atoms with E-state index in [0.717, 1.165) is 46.0 Å². The molecule has 0 heterocycles. The van der Waals surface area contributed by atoms with Gasteiger partial charge in [-0.1, -0.05) is 315 Å². The van der Waals surface area contributed by atoms with Crippen molar-refractivity contribution in [1.82, 2.24) is 0 Å². The van der Waals surface area contributed by atoms with E-state index in [-0.39, 0.29) is 0 Å². The first-order valence-electron chi connectivity index (χ1n) is 35.8. The predicted octanol–water partition coefficient (Wildman–Crippen LogP) is 24.4. The minimum absolute atomic E-state index is 0.554. The molecule has 8 heteroatoms. The zero-order chi connectivity index (χ0) is 72.1. The van der Waals surface area contributed by atoms with Crippen molar-refractivity contribution in [2.45, 2.75) is 0 Å². The average Bonchev–Trinajstić information content (AvgIpc) is 0.700. The Labute approximate surface area is 622 Å². The molecule has 106 heavy (non-hydrogen) atoms. The second kappa shape index (κ2) is 40.4. The number of para-hydroxylation sites is 8. The van der Waals surface area contributed by atoms with Crippen LogP contribution in [0.1, 0.15) is 0 Å².